The summed E-state index contributed by atoms with van der Waals surface area (Å²) in [5.41, 5.74) is 0.891. The van der Waals surface area contributed by atoms with Crippen LogP contribution in [0.15, 0.2) is 39.3 Å². The van der Waals surface area contributed by atoms with Crippen LogP contribution in [0, 0.1) is 12.8 Å². The second-order valence-corrected chi connectivity index (χ2v) is 7.96. The van der Waals surface area contributed by atoms with Gasteiger partial charge in [-0.15, -0.1) is 10.2 Å². The molecule has 0 aliphatic carbocycles. The summed E-state index contributed by atoms with van der Waals surface area (Å²) >= 11 is 0. The van der Waals surface area contributed by atoms with Crippen molar-refractivity contribution in [2.24, 2.45) is 5.92 Å². The molecule has 0 saturated carbocycles. The Hall–Kier alpha value is -3.07. The molecule has 9 heteroatoms. The van der Waals surface area contributed by atoms with E-state index >= 15 is 0 Å². The van der Waals surface area contributed by atoms with Crippen LogP contribution in [0.4, 0.5) is 0 Å². The number of hydrogen-bond acceptors (Lipinski definition) is 8. The lowest BCUT2D eigenvalue weighted by molar-refractivity contribution is -0.130. The van der Waals surface area contributed by atoms with Gasteiger partial charge >= 0.3 is 0 Å². The van der Waals surface area contributed by atoms with Crippen LogP contribution in [0.3, 0.4) is 0 Å². The minimum atomic E-state index is 0.0469. The van der Waals surface area contributed by atoms with E-state index in [0.29, 0.717) is 49.4 Å². The molecule has 30 heavy (non-hydrogen) atoms. The number of carbonyl (C=O) groups excluding carboxylic acids is 1. The van der Waals surface area contributed by atoms with Gasteiger partial charge in [-0.05, 0) is 14.1 Å². The first-order valence-corrected chi connectivity index (χ1v) is 10.1. The van der Waals surface area contributed by atoms with Gasteiger partial charge < -0.3 is 18.7 Å². The lowest BCUT2D eigenvalue weighted by atomic mass is 9.96. The van der Waals surface area contributed by atoms with Gasteiger partial charge in [-0.25, -0.2) is 0 Å². The van der Waals surface area contributed by atoms with Crippen molar-refractivity contribution in [1.82, 2.24) is 30.1 Å². The second kappa shape index (κ2) is 8.74. The maximum absolute atomic E-state index is 12.9. The standard InChI is InChI=1S/C21H26N6O3/c1-14-23-24-21(29-14)17-13-27(12-16(17)11-26(2)3)19(28)10-9-18-22-20(25-30-18)15-7-5-4-6-8-15/h4-8,16-17H,9-13H2,1-3H3/t16-,17-/m0/s1. The zero-order valence-electron chi connectivity index (χ0n) is 17.5. The van der Waals surface area contributed by atoms with E-state index in [-0.39, 0.29) is 17.7 Å². The summed E-state index contributed by atoms with van der Waals surface area (Å²) in [4.78, 5) is 21.3. The van der Waals surface area contributed by atoms with Crippen molar-refractivity contribution in [3.05, 3.63) is 48.0 Å². The smallest absolute Gasteiger partial charge is 0.227 e. The lowest BCUT2D eigenvalue weighted by Crippen LogP contribution is -2.30. The Kier molecular flexibility index (Phi) is 5.89. The summed E-state index contributed by atoms with van der Waals surface area (Å²) in [6.07, 6.45) is 0.735. The molecule has 1 fully saturated rings. The third-order valence-electron chi connectivity index (χ3n) is 5.31. The summed E-state index contributed by atoms with van der Waals surface area (Å²) in [6, 6.07) is 9.63. The molecule has 3 heterocycles. The fourth-order valence-corrected chi connectivity index (χ4v) is 3.90. The number of hydrogen-bond donors (Lipinski definition) is 0. The van der Waals surface area contributed by atoms with Gasteiger partial charge in [0.1, 0.15) is 0 Å². The summed E-state index contributed by atoms with van der Waals surface area (Å²) in [5.74, 6) is 2.52. The summed E-state index contributed by atoms with van der Waals surface area (Å²) in [6.45, 7) is 3.88. The molecule has 1 aliphatic heterocycles. The zero-order chi connectivity index (χ0) is 21.1. The van der Waals surface area contributed by atoms with Gasteiger partial charge in [0.2, 0.25) is 29.4 Å². The van der Waals surface area contributed by atoms with Gasteiger partial charge in [0, 0.05) is 50.9 Å². The zero-order valence-corrected chi connectivity index (χ0v) is 17.5. The highest BCUT2D eigenvalue weighted by Gasteiger charge is 2.39. The summed E-state index contributed by atoms with van der Waals surface area (Å²) < 4.78 is 11.0. The van der Waals surface area contributed by atoms with Crippen LogP contribution >= 0.6 is 0 Å². The molecule has 1 aromatic carbocycles. The van der Waals surface area contributed by atoms with Gasteiger partial charge in [-0.3, -0.25) is 4.79 Å². The number of carbonyl (C=O) groups is 1. The molecular formula is C21H26N6O3. The van der Waals surface area contributed by atoms with Crippen LogP contribution < -0.4 is 0 Å². The molecule has 0 unspecified atom stereocenters. The van der Waals surface area contributed by atoms with Crippen LogP contribution in [0.1, 0.15) is 30.0 Å². The van der Waals surface area contributed by atoms with E-state index in [1.54, 1.807) is 6.92 Å². The maximum Gasteiger partial charge on any atom is 0.227 e. The molecule has 0 N–H and O–H groups in total. The topological polar surface area (TPSA) is 101 Å². The molecule has 1 amide bonds. The number of rotatable bonds is 7. The Morgan fingerprint density at radius 1 is 1.20 bits per heavy atom. The van der Waals surface area contributed by atoms with E-state index in [9.17, 15) is 4.79 Å². The number of benzene rings is 1. The molecule has 158 valence electrons. The molecule has 4 rings (SSSR count). The highest BCUT2D eigenvalue weighted by Crippen LogP contribution is 2.32. The van der Waals surface area contributed by atoms with Crippen molar-refractivity contribution >= 4 is 5.91 Å². The van der Waals surface area contributed by atoms with Crippen molar-refractivity contribution in [3.63, 3.8) is 0 Å². The molecule has 2 aromatic heterocycles. The van der Waals surface area contributed by atoms with Crippen molar-refractivity contribution in [2.75, 3.05) is 33.7 Å². The molecule has 0 radical (unpaired) electrons. The normalized spacial score (nSPS) is 19.0. The summed E-state index contributed by atoms with van der Waals surface area (Å²) in [5, 5.41) is 12.2. The predicted molar refractivity (Wildman–Crippen MR) is 108 cm³/mol. The van der Waals surface area contributed by atoms with E-state index in [4.69, 9.17) is 8.94 Å². The summed E-state index contributed by atoms with van der Waals surface area (Å²) in [7, 11) is 4.06. The first-order valence-electron chi connectivity index (χ1n) is 10.1. The lowest BCUT2D eigenvalue weighted by Gasteiger charge is -2.19. The third kappa shape index (κ3) is 4.56. The molecule has 1 aliphatic rings. The monoisotopic (exact) mass is 410 g/mol. The Morgan fingerprint density at radius 3 is 2.70 bits per heavy atom. The van der Waals surface area contributed by atoms with E-state index < -0.39 is 0 Å². The van der Waals surface area contributed by atoms with Crippen molar-refractivity contribution < 1.29 is 13.7 Å². The molecule has 9 nitrogen and oxygen atoms in total. The molecule has 0 spiro atoms. The Bertz CT molecular complexity index is 984. The van der Waals surface area contributed by atoms with E-state index in [0.717, 1.165) is 12.1 Å². The average Bonchev–Trinajstić information content (AvgIpc) is 3.46. The van der Waals surface area contributed by atoms with Crippen molar-refractivity contribution in [3.8, 4) is 11.4 Å². The Labute approximate surface area is 175 Å². The van der Waals surface area contributed by atoms with E-state index in [1.165, 1.54) is 0 Å². The van der Waals surface area contributed by atoms with Crippen LogP contribution in [0.5, 0.6) is 0 Å². The van der Waals surface area contributed by atoms with Crippen molar-refractivity contribution in [1.29, 1.82) is 0 Å². The first kappa shape index (κ1) is 20.2. The molecular weight excluding hydrogens is 384 g/mol. The predicted octanol–water partition coefficient (Wildman–Crippen LogP) is 2.16. The fraction of sp³-hybridized carbons (Fsp3) is 0.476. The maximum atomic E-state index is 12.9. The molecule has 3 aromatic rings. The minimum Gasteiger partial charge on any atom is -0.425 e. The minimum absolute atomic E-state index is 0.0469. The molecule has 2 atom stereocenters. The Morgan fingerprint density at radius 2 is 2.00 bits per heavy atom. The van der Waals surface area contributed by atoms with Gasteiger partial charge in [-0.2, -0.15) is 4.98 Å². The van der Waals surface area contributed by atoms with E-state index in [2.05, 4.69) is 25.2 Å². The van der Waals surface area contributed by atoms with Crippen LogP contribution in [0.25, 0.3) is 11.4 Å². The van der Waals surface area contributed by atoms with Crippen LogP contribution in [0.2, 0.25) is 0 Å². The third-order valence-corrected chi connectivity index (χ3v) is 5.31. The van der Waals surface area contributed by atoms with Crippen molar-refractivity contribution in [2.45, 2.75) is 25.7 Å². The van der Waals surface area contributed by atoms with Crippen LogP contribution in [-0.2, 0) is 11.2 Å². The molecule has 0 bridgehead atoms. The quantitative estimate of drug-likeness (QED) is 0.584. The van der Waals surface area contributed by atoms with Gasteiger partial charge in [0.15, 0.2) is 0 Å². The second-order valence-electron chi connectivity index (χ2n) is 7.96. The van der Waals surface area contributed by atoms with Gasteiger partial charge in [0.25, 0.3) is 0 Å². The SMILES string of the molecule is Cc1nnc([C@H]2CN(C(=O)CCc3nc(-c4ccccc4)no3)C[C@@H]2CN(C)C)o1. The van der Waals surface area contributed by atoms with Gasteiger partial charge in [-0.1, -0.05) is 35.5 Å². The molecule has 1 saturated heterocycles. The number of likely N-dealkylation sites (tertiary alicyclic amines) is 1. The average molecular weight is 410 g/mol. The number of amides is 1. The first-order chi connectivity index (χ1) is 14.5. The van der Waals surface area contributed by atoms with E-state index in [1.807, 2.05) is 49.3 Å². The number of nitrogens with zero attached hydrogens (tertiary/aromatic N) is 6. The van der Waals surface area contributed by atoms with Crippen LogP contribution in [-0.4, -0.2) is 69.8 Å². The van der Waals surface area contributed by atoms with Gasteiger partial charge in [0.05, 0.1) is 5.92 Å². The Balaban J connectivity index is 1.38. The largest absolute Gasteiger partial charge is 0.425 e. The number of aryl methyl sites for hydroxylation is 2. The number of aromatic nitrogens is 4. The fourth-order valence-electron chi connectivity index (χ4n) is 3.90. The highest BCUT2D eigenvalue weighted by molar-refractivity contribution is 5.76. The highest BCUT2D eigenvalue weighted by atomic mass is 16.5.